The number of fused-ring (bicyclic) bond motifs is 1. The van der Waals surface area contributed by atoms with Crippen LogP contribution in [0, 0.1) is 0 Å². The molecule has 2 atom stereocenters. The zero-order valence-electron chi connectivity index (χ0n) is 17.5. The lowest BCUT2D eigenvalue weighted by Gasteiger charge is -2.35. The Hall–Kier alpha value is -2.72. The summed E-state index contributed by atoms with van der Waals surface area (Å²) in [6.07, 6.45) is 1.15. The van der Waals surface area contributed by atoms with E-state index >= 15 is 0 Å². The number of alkyl halides is 2. The fourth-order valence-electron chi connectivity index (χ4n) is 4.20. The van der Waals surface area contributed by atoms with Gasteiger partial charge in [-0.2, -0.15) is 8.78 Å². The van der Waals surface area contributed by atoms with Crippen molar-refractivity contribution in [2.75, 3.05) is 38.3 Å². The third-order valence-electron chi connectivity index (χ3n) is 5.78. The second-order valence-electron chi connectivity index (χ2n) is 7.80. The van der Waals surface area contributed by atoms with E-state index in [0.29, 0.717) is 55.6 Å². The van der Waals surface area contributed by atoms with Crippen LogP contribution in [0.25, 0.3) is 0 Å². The van der Waals surface area contributed by atoms with Crippen LogP contribution in [-0.2, 0) is 16.0 Å². The number of anilines is 1. The van der Waals surface area contributed by atoms with E-state index in [1.807, 2.05) is 11.8 Å². The number of halogens is 2. The van der Waals surface area contributed by atoms with Gasteiger partial charge < -0.3 is 29.3 Å². The van der Waals surface area contributed by atoms with Crippen molar-refractivity contribution in [3.63, 3.8) is 0 Å². The van der Waals surface area contributed by atoms with Crippen LogP contribution < -0.4 is 9.64 Å². The molecular weight excluding hydrogens is 410 g/mol. The number of ether oxygens (including phenoxy) is 2. The fraction of sp³-hybridized carbons (Fsp3) is 0.524. The number of aliphatic hydroxyl groups is 1. The Morgan fingerprint density at radius 2 is 2.10 bits per heavy atom. The van der Waals surface area contributed by atoms with Gasteiger partial charge in [0.05, 0.1) is 25.3 Å². The maximum atomic E-state index is 13.3. The van der Waals surface area contributed by atoms with Gasteiger partial charge in [0.1, 0.15) is 17.4 Å². The number of hydrogen-bond acceptors (Lipinski definition) is 7. The molecule has 0 spiro atoms. The van der Waals surface area contributed by atoms with Crippen LogP contribution in [0.3, 0.4) is 0 Å². The van der Waals surface area contributed by atoms with Crippen molar-refractivity contribution >= 4 is 17.4 Å². The highest BCUT2D eigenvalue weighted by atomic mass is 19.3. The first kappa shape index (κ1) is 21.5. The maximum Gasteiger partial charge on any atom is 0.387 e. The highest BCUT2D eigenvalue weighted by molar-refractivity contribution is 6.08. The predicted octanol–water partition coefficient (Wildman–Crippen LogP) is 1.79. The van der Waals surface area contributed by atoms with Gasteiger partial charge in [-0.25, -0.2) is 4.99 Å². The number of hydrogen-bond donors (Lipinski definition) is 1. The number of rotatable bonds is 5. The maximum absolute atomic E-state index is 13.3. The molecule has 1 N–H and O–H groups in total. The number of amides is 1. The number of aliphatic hydroxyl groups excluding tert-OH is 1. The van der Waals surface area contributed by atoms with Crippen molar-refractivity contribution in [3.8, 4) is 5.75 Å². The molecule has 4 rings (SSSR count). The van der Waals surface area contributed by atoms with Gasteiger partial charge in [-0.05, 0) is 25.5 Å². The van der Waals surface area contributed by atoms with Gasteiger partial charge in [0.25, 0.3) is 0 Å². The number of carbonyl (C=O) groups is 1. The summed E-state index contributed by atoms with van der Waals surface area (Å²) in [6.45, 7) is 1.43. The van der Waals surface area contributed by atoms with E-state index in [2.05, 4.69) is 9.73 Å². The molecule has 1 aromatic carbocycles. The van der Waals surface area contributed by atoms with Crippen LogP contribution in [0.15, 0.2) is 35.1 Å². The minimum atomic E-state index is -2.93. The Kier molecular flexibility index (Phi) is 6.10. The van der Waals surface area contributed by atoms with Gasteiger partial charge in [0.15, 0.2) is 6.23 Å². The molecule has 3 heterocycles. The van der Waals surface area contributed by atoms with E-state index in [9.17, 15) is 18.7 Å². The van der Waals surface area contributed by atoms with Gasteiger partial charge in [0.2, 0.25) is 5.91 Å². The summed E-state index contributed by atoms with van der Waals surface area (Å²) in [6, 6.07) is 4.61. The Labute approximate surface area is 179 Å². The van der Waals surface area contributed by atoms with Crippen LogP contribution in [0.2, 0.25) is 0 Å². The van der Waals surface area contributed by atoms with E-state index in [-0.39, 0.29) is 24.1 Å². The van der Waals surface area contributed by atoms with Crippen molar-refractivity contribution < 1.29 is 28.2 Å². The number of aliphatic imine (C=N–C) groups is 1. The molecule has 168 valence electrons. The molecule has 10 heteroatoms. The topological polar surface area (TPSA) is 77.8 Å². The number of likely N-dealkylation sites (N-methyl/N-ethyl adjacent to an activating group) is 1. The summed E-state index contributed by atoms with van der Waals surface area (Å²) >= 11 is 0. The molecule has 1 saturated heterocycles. The van der Waals surface area contributed by atoms with E-state index < -0.39 is 12.8 Å². The van der Waals surface area contributed by atoms with Crippen LogP contribution in [0.1, 0.15) is 18.9 Å². The number of morpholine rings is 1. The monoisotopic (exact) mass is 436 g/mol. The number of nitrogens with zero attached hydrogens (tertiary/aromatic N) is 4. The largest absolute Gasteiger partial charge is 0.434 e. The SMILES string of the molecule is C[C@H]1Cc2c(OC(F)F)cccc2N1C(=O)CC1=NC(N2CCOCC2)=CC(O)N1C. The second kappa shape index (κ2) is 8.80. The minimum Gasteiger partial charge on any atom is -0.434 e. The molecular formula is C21H26F2N4O4. The van der Waals surface area contributed by atoms with Crippen LogP contribution in [0.4, 0.5) is 14.5 Å². The molecule has 0 saturated carbocycles. The first-order valence-electron chi connectivity index (χ1n) is 10.3. The smallest absolute Gasteiger partial charge is 0.387 e. The molecule has 1 amide bonds. The highest BCUT2D eigenvalue weighted by Gasteiger charge is 2.35. The van der Waals surface area contributed by atoms with E-state index in [4.69, 9.17) is 4.74 Å². The minimum absolute atomic E-state index is 0.0288. The van der Waals surface area contributed by atoms with Crippen molar-refractivity contribution in [2.24, 2.45) is 4.99 Å². The van der Waals surface area contributed by atoms with Gasteiger partial charge >= 0.3 is 6.61 Å². The van der Waals surface area contributed by atoms with Crippen LogP contribution in [0.5, 0.6) is 5.75 Å². The van der Waals surface area contributed by atoms with E-state index in [1.165, 1.54) is 6.07 Å². The van der Waals surface area contributed by atoms with E-state index in [1.54, 1.807) is 35.1 Å². The quantitative estimate of drug-likeness (QED) is 0.759. The third kappa shape index (κ3) is 4.35. The fourth-order valence-corrected chi connectivity index (χ4v) is 4.20. The Bertz CT molecular complexity index is 901. The van der Waals surface area contributed by atoms with Gasteiger partial charge in [0, 0.05) is 37.8 Å². The third-order valence-corrected chi connectivity index (χ3v) is 5.78. The lowest BCUT2D eigenvalue weighted by Crippen LogP contribution is -2.45. The number of carbonyl (C=O) groups excluding carboxylic acids is 1. The Balaban J connectivity index is 1.55. The van der Waals surface area contributed by atoms with Crippen molar-refractivity contribution in [1.82, 2.24) is 9.80 Å². The summed E-state index contributed by atoms with van der Waals surface area (Å²) in [5, 5.41) is 10.5. The van der Waals surface area contributed by atoms with E-state index in [0.717, 1.165) is 0 Å². The normalized spacial score (nSPS) is 23.6. The average Bonchev–Trinajstić information content (AvgIpc) is 3.08. The lowest BCUT2D eigenvalue weighted by atomic mass is 10.1. The molecule has 3 aliphatic heterocycles. The molecule has 1 fully saturated rings. The van der Waals surface area contributed by atoms with Gasteiger partial charge in [-0.15, -0.1) is 0 Å². The predicted molar refractivity (Wildman–Crippen MR) is 110 cm³/mol. The Morgan fingerprint density at radius 1 is 1.35 bits per heavy atom. The van der Waals surface area contributed by atoms with Crippen LogP contribution in [-0.4, -0.2) is 78.9 Å². The molecule has 0 radical (unpaired) electrons. The first-order valence-corrected chi connectivity index (χ1v) is 10.3. The van der Waals surface area contributed by atoms with Crippen LogP contribution >= 0.6 is 0 Å². The molecule has 1 unspecified atom stereocenters. The number of amidine groups is 1. The molecule has 31 heavy (non-hydrogen) atoms. The summed E-state index contributed by atoms with van der Waals surface area (Å²) in [7, 11) is 1.68. The van der Waals surface area contributed by atoms with Crippen molar-refractivity contribution in [2.45, 2.75) is 38.6 Å². The summed E-state index contributed by atoms with van der Waals surface area (Å²) in [5.74, 6) is 0.942. The van der Waals surface area contributed by atoms with Crippen molar-refractivity contribution in [3.05, 3.63) is 35.7 Å². The summed E-state index contributed by atoms with van der Waals surface area (Å²) < 4.78 is 35.5. The van der Waals surface area contributed by atoms with Gasteiger partial charge in [-0.3, -0.25) is 4.79 Å². The van der Waals surface area contributed by atoms with Gasteiger partial charge in [-0.1, -0.05) is 6.07 Å². The summed E-state index contributed by atoms with van der Waals surface area (Å²) in [5.41, 5.74) is 1.16. The summed E-state index contributed by atoms with van der Waals surface area (Å²) in [4.78, 5) is 23.1. The molecule has 0 aliphatic carbocycles. The zero-order chi connectivity index (χ0) is 22.1. The molecule has 0 aromatic heterocycles. The molecule has 8 nitrogen and oxygen atoms in total. The first-order chi connectivity index (χ1) is 14.8. The standard InChI is InChI=1S/C21H26F2N4O4/c1-13-10-14-15(4-3-5-16(14)31-21(22)23)27(13)20(29)11-17-24-18(12-19(28)25(17)2)26-6-8-30-9-7-26/h3-5,12-13,19,21,28H,6-11H2,1-2H3/t13-,19?/m0/s1. The second-order valence-corrected chi connectivity index (χ2v) is 7.80. The average molecular weight is 436 g/mol. The Morgan fingerprint density at radius 3 is 2.81 bits per heavy atom. The number of benzene rings is 1. The molecule has 1 aromatic rings. The zero-order valence-corrected chi connectivity index (χ0v) is 17.5. The van der Waals surface area contributed by atoms with Crippen molar-refractivity contribution in [1.29, 1.82) is 0 Å². The highest BCUT2D eigenvalue weighted by Crippen LogP contribution is 2.39. The molecule has 3 aliphatic rings. The molecule has 0 bridgehead atoms. The lowest BCUT2D eigenvalue weighted by molar-refractivity contribution is -0.117.